The number of likely N-dealkylation sites (tertiary alicyclic amines) is 1. The maximum atomic E-state index is 10.4. The zero-order chi connectivity index (χ0) is 10.0. The minimum absolute atomic E-state index is 0.535. The predicted molar refractivity (Wildman–Crippen MR) is 55.8 cm³/mol. The average Bonchev–Trinajstić information content (AvgIpc) is 2.24. The van der Waals surface area contributed by atoms with Gasteiger partial charge in [-0.2, -0.15) is 0 Å². The second kappa shape index (κ2) is 3.85. The van der Waals surface area contributed by atoms with Crippen LogP contribution >= 0.6 is 0 Å². The van der Waals surface area contributed by atoms with E-state index in [1.54, 1.807) is 5.01 Å². The van der Waals surface area contributed by atoms with Crippen molar-refractivity contribution in [1.82, 2.24) is 9.91 Å². The van der Waals surface area contributed by atoms with E-state index in [-0.39, 0.29) is 0 Å². The van der Waals surface area contributed by atoms with Crippen molar-refractivity contribution in [2.75, 3.05) is 33.2 Å². The van der Waals surface area contributed by atoms with Gasteiger partial charge >= 0.3 is 0 Å². The molecule has 0 radical (unpaired) electrons. The van der Waals surface area contributed by atoms with E-state index >= 15 is 0 Å². The van der Waals surface area contributed by atoms with Gasteiger partial charge in [-0.3, -0.25) is 5.01 Å². The maximum absolute atomic E-state index is 10.4. The number of nitrogens with zero attached hydrogens (tertiary/aromatic N) is 3. The van der Waals surface area contributed by atoms with Crippen LogP contribution in [0.3, 0.4) is 0 Å². The molecule has 0 N–H and O–H groups in total. The van der Waals surface area contributed by atoms with Gasteiger partial charge in [-0.15, -0.1) is 4.91 Å². The number of hydrogen-bond acceptors (Lipinski definition) is 3. The second-order valence-corrected chi connectivity index (χ2v) is 4.84. The third kappa shape index (κ3) is 1.90. The number of nitroso groups, excluding NO2 is 1. The minimum atomic E-state index is 0.535. The molecule has 2 saturated heterocycles. The van der Waals surface area contributed by atoms with Crippen LogP contribution in [0.5, 0.6) is 0 Å². The first-order valence-electron chi connectivity index (χ1n) is 5.51. The molecule has 0 aromatic carbocycles. The summed E-state index contributed by atoms with van der Waals surface area (Å²) in [7, 11) is 2.19. The maximum Gasteiger partial charge on any atom is 0.0523 e. The van der Waals surface area contributed by atoms with Crippen LogP contribution < -0.4 is 0 Å². The lowest BCUT2D eigenvalue weighted by molar-refractivity contribution is 0.0432. The van der Waals surface area contributed by atoms with Gasteiger partial charge in [0, 0.05) is 13.1 Å². The van der Waals surface area contributed by atoms with E-state index in [0.29, 0.717) is 5.41 Å². The van der Waals surface area contributed by atoms with E-state index < -0.39 is 0 Å². The van der Waals surface area contributed by atoms with Gasteiger partial charge in [-0.25, -0.2) is 0 Å². The summed E-state index contributed by atoms with van der Waals surface area (Å²) >= 11 is 0. The van der Waals surface area contributed by atoms with Crippen LogP contribution in [0.15, 0.2) is 5.29 Å². The van der Waals surface area contributed by atoms with Crippen LogP contribution in [0.4, 0.5) is 0 Å². The van der Waals surface area contributed by atoms with Gasteiger partial charge in [0.15, 0.2) is 0 Å². The molecule has 80 valence electrons. The summed E-state index contributed by atoms with van der Waals surface area (Å²) < 4.78 is 0. The molecule has 0 aliphatic carbocycles. The van der Waals surface area contributed by atoms with E-state index in [0.717, 1.165) is 25.9 Å². The molecule has 14 heavy (non-hydrogen) atoms. The first kappa shape index (κ1) is 9.90. The standard InChI is InChI=1S/C10H19N3O/c1-12-6-2-10(3-7-12)4-8-13(11-14)9-5-10/h2-9H2,1H3. The van der Waals surface area contributed by atoms with Gasteiger partial charge < -0.3 is 4.90 Å². The largest absolute Gasteiger partial charge is 0.306 e. The normalized spacial score (nSPS) is 27.9. The number of hydrogen-bond donors (Lipinski definition) is 0. The molecule has 2 heterocycles. The molecule has 1 spiro atoms. The molecule has 2 aliphatic rings. The topological polar surface area (TPSA) is 35.9 Å². The molecule has 2 aliphatic heterocycles. The number of rotatable bonds is 1. The second-order valence-electron chi connectivity index (χ2n) is 4.84. The van der Waals surface area contributed by atoms with Crippen molar-refractivity contribution in [3.05, 3.63) is 4.91 Å². The Morgan fingerprint density at radius 3 is 2.00 bits per heavy atom. The lowest BCUT2D eigenvalue weighted by atomic mass is 9.71. The van der Waals surface area contributed by atoms with Gasteiger partial charge in [0.05, 0.1) is 5.29 Å². The Morgan fingerprint density at radius 1 is 1.00 bits per heavy atom. The molecule has 4 heteroatoms. The van der Waals surface area contributed by atoms with E-state index in [1.807, 2.05) is 0 Å². The molecule has 0 saturated carbocycles. The quantitative estimate of drug-likeness (QED) is 0.597. The Bertz CT molecular complexity index is 201. The van der Waals surface area contributed by atoms with Crippen molar-refractivity contribution >= 4 is 0 Å². The Morgan fingerprint density at radius 2 is 1.50 bits per heavy atom. The third-order valence-corrected chi connectivity index (χ3v) is 3.96. The predicted octanol–water partition coefficient (Wildman–Crippen LogP) is 1.48. The average molecular weight is 197 g/mol. The summed E-state index contributed by atoms with van der Waals surface area (Å²) in [5.74, 6) is 0. The van der Waals surface area contributed by atoms with E-state index in [9.17, 15) is 4.91 Å². The van der Waals surface area contributed by atoms with Gasteiger partial charge in [0.25, 0.3) is 0 Å². The van der Waals surface area contributed by atoms with Crippen molar-refractivity contribution in [1.29, 1.82) is 0 Å². The third-order valence-electron chi connectivity index (χ3n) is 3.96. The Kier molecular flexibility index (Phi) is 2.72. The summed E-state index contributed by atoms with van der Waals surface area (Å²) in [6.45, 7) is 4.17. The number of piperidine rings is 2. The molecule has 0 aromatic rings. The van der Waals surface area contributed by atoms with Crippen LogP contribution in [0, 0.1) is 10.3 Å². The molecule has 0 atom stereocenters. The molecular formula is C10H19N3O. The molecule has 4 nitrogen and oxygen atoms in total. The van der Waals surface area contributed by atoms with Crippen molar-refractivity contribution in [2.24, 2.45) is 10.7 Å². The summed E-state index contributed by atoms with van der Waals surface area (Å²) in [4.78, 5) is 12.7. The van der Waals surface area contributed by atoms with Gasteiger partial charge in [0.1, 0.15) is 0 Å². The van der Waals surface area contributed by atoms with Crippen molar-refractivity contribution in [3.63, 3.8) is 0 Å². The highest BCUT2D eigenvalue weighted by Gasteiger charge is 2.36. The molecule has 0 unspecified atom stereocenters. The fourth-order valence-corrected chi connectivity index (χ4v) is 2.64. The van der Waals surface area contributed by atoms with E-state index in [2.05, 4.69) is 17.2 Å². The fraction of sp³-hybridized carbons (Fsp3) is 1.00. The highest BCUT2D eigenvalue weighted by atomic mass is 16.3. The Labute approximate surface area is 85.2 Å². The lowest BCUT2D eigenvalue weighted by Crippen LogP contribution is -2.44. The molecule has 0 aromatic heterocycles. The van der Waals surface area contributed by atoms with Crippen LogP contribution in [0.25, 0.3) is 0 Å². The SMILES string of the molecule is CN1CCC2(CC1)CCN(N=O)CC2. The van der Waals surface area contributed by atoms with Crippen LogP contribution in [0.1, 0.15) is 25.7 Å². The first-order chi connectivity index (χ1) is 6.74. The van der Waals surface area contributed by atoms with Crippen molar-refractivity contribution in [2.45, 2.75) is 25.7 Å². The lowest BCUT2D eigenvalue weighted by Gasteiger charge is -2.44. The fourth-order valence-electron chi connectivity index (χ4n) is 2.64. The zero-order valence-electron chi connectivity index (χ0n) is 8.91. The molecule has 2 rings (SSSR count). The van der Waals surface area contributed by atoms with Crippen molar-refractivity contribution in [3.8, 4) is 0 Å². The highest BCUT2D eigenvalue weighted by Crippen LogP contribution is 2.40. The van der Waals surface area contributed by atoms with Gasteiger partial charge in [-0.1, -0.05) is 0 Å². The molecule has 0 amide bonds. The highest BCUT2D eigenvalue weighted by molar-refractivity contribution is 4.89. The van der Waals surface area contributed by atoms with Crippen LogP contribution in [0.2, 0.25) is 0 Å². The summed E-state index contributed by atoms with van der Waals surface area (Å²) in [6, 6.07) is 0. The zero-order valence-corrected chi connectivity index (χ0v) is 8.91. The van der Waals surface area contributed by atoms with Crippen molar-refractivity contribution < 1.29 is 0 Å². The summed E-state index contributed by atoms with van der Waals surface area (Å²) in [5, 5.41) is 4.68. The smallest absolute Gasteiger partial charge is 0.0523 e. The van der Waals surface area contributed by atoms with Gasteiger partial charge in [-0.05, 0) is 51.2 Å². The first-order valence-corrected chi connectivity index (χ1v) is 5.51. The van der Waals surface area contributed by atoms with Crippen LogP contribution in [-0.2, 0) is 0 Å². The molecular weight excluding hydrogens is 178 g/mol. The Balaban J connectivity index is 1.89. The minimum Gasteiger partial charge on any atom is -0.306 e. The molecule has 0 bridgehead atoms. The Hall–Kier alpha value is -0.640. The summed E-state index contributed by atoms with van der Waals surface area (Å²) in [5.41, 5.74) is 0.535. The van der Waals surface area contributed by atoms with Crippen LogP contribution in [-0.4, -0.2) is 43.1 Å². The summed E-state index contributed by atoms with van der Waals surface area (Å²) in [6.07, 6.45) is 4.92. The van der Waals surface area contributed by atoms with Gasteiger partial charge in [0.2, 0.25) is 0 Å². The monoisotopic (exact) mass is 197 g/mol. The molecule has 2 fully saturated rings. The van der Waals surface area contributed by atoms with E-state index in [1.165, 1.54) is 25.9 Å². The van der Waals surface area contributed by atoms with E-state index in [4.69, 9.17) is 0 Å².